The number of halogens is 4. The maximum Gasteiger partial charge on any atom is 0.416 e. The summed E-state index contributed by atoms with van der Waals surface area (Å²) in [7, 11) is 0. The fraction of sp³-hybridized carbons (Fsp3) is 0.316. The van der Waals surface area contributed by atoms with Gasteiger partial charge in [0.2, 0.25) is 0 Å². The third-order valence-corrected chi connectivity index (χ3v) is 4.55. The van der Waals surface area contributed by atoms with Crippen molar-refractivity contribution in [2.75, 3.05) is 29.9 Å². The van der Waals surface area contributed by atoms with Crippen molar-refractivity contribution < 1.29 is 22.7 Å². The van der Waals surface area contributed by atoms with Gasteiger partial charge in [0.25, 0.3) is 5.91 Å². The minimum atomic E-state index is -4.49. The van der Waals surface area contributed by atoms with Gasteiger partial charge in [-0.1, -0.05) is 23.7 Å². The molecule has 1 amide bonds. The number of ether oxygens (including phenoxy) is 1. The van der Waals surface area contributed by atoms with Crippen molar-refractivity contribution in [1.29, 1.82) is 0 Å². The minimum Gasteiger partial charge on any atom is -0.482 e. The van der Waals surface area contributed by atoms with Crippen LogP contribution in [0.2, 0.25) is 5.02 Å². The molecule has 3 rings (SSSR count). The summed E-state index contributed by atoms with van der Waals surface area (Å²) >= 11 is 5.96. The van der Waals surface area contributed by atoms with Gasteiger partial charge in [-0.15, -0.1) is 0 Å². The Kier molecular flexibility index (Phi) is 5.79. The predicted molar refractivity (Wildman–Crippen MR) is 98.5 cm³/mol. The van der Waals surface area contributed by atoms with Crippen molar-refractivity contribution in [2.24, 2.45) is 0 Å². The van der Waals surface area contributed by atoms with Crippen LogP contribution >= 0.6 is 11.6 Å². The molecular weight excluding hydrogens is 381 g/mol. The number of para-hydroxylation sites is 1. The third-order valence-electron chi connectivity index (χ3n) is 4.24. The molecule has 2 aromatic rings. The highest BCUT2D eigenvalue weighted by Crippen LogP contribution is 2.36. The molecule has 0 aliphatic carbocycles. The number of carbonyl (C=O) groups excluding carboxylic acids is 1. The normalized spacial score (nSPS) is 14.3. The van der Waals surface area contributed by atoms with Gasteiger partial charge in [0.05, 0.1) is 22.0 Å². The lowest BCUT2D eigenvalue weighted by Crippen LogP contribution is -2.24. The molecule has 0 saturated carbocycles. The van der Waals surface area contributed by atoms with Gasteiger partial charge in [0.15, 0.2) is 6.61 Å². The predicted octanol–water partition coefficient (Wildman–Crippen LogP) is 4.98. The zero-order valence-corrected chi connectivity index (χ0v) is 15.1. The number of alkyl halides is 3. The van der Waals surface area contributed by atoms with Crippen molar-refractivity contribution in [3.63, 3.8) is 0 Å². The van der Waals surface area contributed by atoms with Crippen LogP contribution in [0.15, 0.2) is 42.5 Å². The van der Waals surface area contributed by atoms with E-state index in [2.05, 4.69) is 5.32 Å². The largest absolute Gasteiger partial charge is 0.482 e. The molecule has 144 valence electrons. The van der Waals surface area contributed by atoms with E-state index < -0.39 is 17.6 Å². The van der Waals surface area contributed by atoms with Gasteiger partial charge < -0.3 is 15.0 Å². The molecule has 1 heterocycles. The second-order valence-corrected chi connectivity index (χ2v) is 6.60. The van der Waals surface area contributed by atoms with Crippen LogP contribution in [-0.4, -0.2) is 25.6 Å². The van der Waals surface area contributed by atoms with Gasteiger partial charge >= 0.3 is 6.18 Å². The summed E-state index contributed by atoms with van der Waals surface area (Å²) < 4.78 is 44.5. The van der Waals surface area contributed by atoms with E-state index in [1.165, 1.54) is 6.07 Å². The molecule has 27 heavy (non-hydrogen) atoms. The monoisotopic (exact) mass is 398 g/mol. The van der Waals surface area contributed by atoms with E-state index in [-0.39, 0.29) is 12.3 Å². The molecule has 2 aromatic carbocycles. The Morgan fingerprint density at radius 1 is 1.15 bits per heavy atom. The number of anilines is 2. The maximum atomic E-state index is 13.1. The van der Waals surface area contributed by atoms with Gasteiger partial charge in [0.1, 0.15) is 5.75 Å². The quantitative estimate of drug-likeness (QED) is 0.772. The summed E-state index contributed by atoms with van der Waals surface area (Å²) in [5, 5.41) is 2.89. The van der Waals surface area contributed by atoms with Crippen molar-refractivity contribution in [3.8, 4) is 5.75 Å². The average Bonchev–Trinajstić information content (AvgIpc) is 3.14. The van der Waals surface area contributed by atoms with Gasteiger partial charge in [-0.3, -0.25) is 4.79 Å². The Morgan fingerprint density at radius 2 is 1.85 bits per heavy atom. The number of rotatable bonds is 5. The van der Waals surface area contributed by atoms with Gasteiger partial charge in [-0.2, -0.15) is 13.2 Å². The van der Waals surface area contributed by atoms with Crippen LogP contribution in [0.3, 0.4) is 0 Å². The number of nitrogens with zero attached hydrogens (tertiary/aromatic N) is 1. The average molecular weight is 399 g/mol. The fourth-order valence-electron chi connectivity index (χ4n) is 2.94. The van der Waals surface area contributed by atoms with Crippen LogP contribution in [0.25, 0.3) is 0 Å². The molecule has 0 unspecified atom stereocenters. The van der Waals surface area contributed by atoms with Crippen molar-refractivity contribution >= 4 is 28.9 Å². The maximum absolute atomic E-state index is 13.1. The van der Waals surface area contributed by atoms with E-state index in [9.17, 15) is 18.0 Å². The SMILES string of the molecule is O=C(COc1ccccc1Cl)Nc1cc(C(F)(F)F)ccc1N1CCCC1. The van der Waals surface area contributed by atoms with Crippen molar-refractivity contribution in [3.05, 3.63) is 53.1 Å². The molecule has 1 N–H and O–H groups in total. The smallest absolute Gasteiger partial charge is 0.416 e. The number of amides is 1. The van der Waals surface area contributed by atoms with E-state index >= 15 is 0 Å². The third kappa shape index (κ3) is 4.86. The molecule has 0 bridgehead atoms. The number of hydrogen-bond donors (Lipinski definition) is 1. The van der Waals surface area contributed by atoms with E-state index in [0.29, 0.717) is 16.5 Å². The first-order valence-corrected chi connectivity index (χ1v) is 8.86. The van der Waals surface area contributed by atoms with Crippen LogP contribution < -0.4 is 15.0 Å². The molecule has 1 saturated heterocycles. The summed E-state index contributed by atoms with van der Waals surface area (Å²) in [5.41, 5.74) is -0.112. The van der Waals surface area contributed by atoms with E-state index in [1.54, 1.807) is 24.3 Å². The standard InChI is InChI=1S/C19H18ClF3N2O2/c20-14-5-1-2-6-17(14)27-12-18(26)24-15-11-13(19(21,22)23)7-8-16(15)25-9-3-4-10-25/h1-2,5-8,11H,3-4,9-10,12H2,(H,24,26). The number of hydrogen-bond acceptors (Lipinski definition) is 3. The summed E-state index contributed by atoms with van der Waals surface area (Å²) in [6.45, 7) is 1.12. The molecule has 0 spiro atoms. The van der Waals surface area contributed by atoms with E-state index in [1.807, 2.05) is 4.90 Å². The van der Waals surface area contributed by atoms with Crippen LogP contribution in [0, 0.1) is 0 Å². The first-order valence-electron chi connectivity index (χ1n) is 8.48. The Hall–Kier alpha value is -2.41. The Bertz CT molecular complexity index is 821. The molecule has 0 radical (unpaired) electrons. The number of benzene rings is 2. The van der Waals surface area contributed by atoms with Crippen LogP contribution in [0.1, 0.15) is 18.4 Å². The Balaban J connectivity index is 1.76. The second kappa shape index (κ2) is 8.08. The minimum absolute atomic E-state index is 0.125. The highest BCUT2D eigenvalue weighted by Gasteiger charge is 2.32. The molecule has 0 atom stereocenters. The summed E-state index contributed by atoms with van der Waals surface area (Å²) in [6, 6.07) is 10.0. The topological polar surface area (TPSA) is 41.6 Å². The number of carbonyl (C=O) groups is 1. The first kappa shape index (κ1) is 19.4. The molecule has 1 fully saturated rings. The number of nitrogens with one attached hydrogen (secondary N) is 1. The molecule has 4 nitrogen and oxygen atoms in total. The lowest BCUT2D eigenvalue weighted by Gasteiger charge is -2.23. The first-order chi connectivity index (χ1) is 12.8. The fourth-order valence-corrected chi connectivity index (χ4v) is 3.13. The zero-order valence-electron chi connectivity index (χ0n) is 14.4. The molecular formula is C19H18ClF3N2O2. The summed E-state index contributed by atoms with van der Waals surface area (Å²) in [6.07, 6.45) is -2.56. The highest BCUT2D eigenvalue weighted by atomic mass is 35.5. The molecule has 1 aliphatic rings. The molecule has 1 aliphatic heterocycles. The van der Waals surface area contributed by atoms with Crippen molar-refractivity contribution in [2.45, 2.75) is 19.0 Å². The molecule has 8 heteroatoms. The lowest BCUT2D eigenvalue weighted by molar-refractivity contribution is -0.137. The zero-order chi connectivity index (χ0) is 19.4. The Morgan fingerprint density at radius 3 is 2.52 bits per heavy atom. The summed E-state index contributed by atoms with van der Waals surface area (Å²) in [4.78, 5) is 14.2. The van der Waals surface area contributed by atoms with Crippen LogP contribution in [0.5, 0.6) is 5.75 Å². The van der Waals surface area contributed by atoms with E-state index in [0.717, 1.165) is 38.1 Å². The lowest BCUT2D eigenvalue weighted by atomic mass is 10.1. The molecule has 0 aromatic heterocycles. The van der Waals surface area contributed by atoms with Gasteiger partial charge in [0, 0.05) is 13.1 Å². The van der Waals surface area contributed by atoms with Gasteiger partial charge in [-0.25, -0.2) is 0 Å². The second-order valence-electron chi connectivity index (χ2n) is 6.19. The van der Waals surface area contributed by atoms with Crippen LogP contribution in [-0.2, 0) is 11.0 Å². The van der Waals surface area contributed by atoms with E-state index in [4.69, 9.17) is 16.3 Å². The van der Waals surface area contributed by atoms with Crippen LogP contribution in [0.4, 0.5) is 24.5 Å². The Labute approximate surface area is 159 Å². The summed E-state index contributed by atoms with van der Waals surface area (Å²) in [5.74, 6) is -0.229. The van der Waals surface area contributed by atoms with Crippen molar-refractivity contribution in [1.82, 2.24) is 0 Å². The van der Waals surface area contributed by atoms with Gasteiger partial charge in [-0.05, 0) is 43.2 Å². The highest BCUT2D eigenvalue weighted by molar-refractivity contribution is 6.32.